The Kier molecular flexibility index (Phi) is 58.4. The Balaban J connectivity index is 4.23. The predicted octanol–water partition coefficient (Wildman–Crippen LogP) is 21.0. The van der Waals surface area contributed by atoms with Gasteiger partial charge in [0.05, 0.1) is 0 Å². The van der Waals surface area contributed by atoms with E-state index in [1.54, 1.807) is 0 Å². The summed E-state index contributed by atoms with van der Waals surface area (Å²) in [6, 6.07) is 0. The molecule has 6 heteroatoms. The molecule has 0 aliphatic heterocycles. The SMILES string of the molecule is CC/C=C\C/C=C\C/C=C\C/C=C\C/C=C\C/C=C\CCCCCCCCCCC(=O)OCC(COC(=O)CCCCCCCCC)OC(=O)CCCCCCCCC/C=C\C/C=C\C/C=C\C/C=C\C/C=C\CC. The van der Waals surface area contributed by atoms with Gasteiger partial charge in [0.25, 0.3) is 0 Å². The number of rotatable bonds is 54. The van der Waals surface area contributed by atoms with Crippen LogP contribution in [0.1, 0.15) is 265 Å². The number of ether oxygens (including phenoxy) is 3. The highest BCUT2D eigenvalue weighted by Gasteiger charge is 2.19. The van der Waals surface area contributed by atoms with Gasteiger partial charge in [-0.15, -0.1) is 0 Å². The zero-order valence-electron chi connectivity index (χ0n) is 48.5. The van der Waals surface area contributed by atoms with Crippen LogP contribution >= 0.6 is 0 Å². The highest BCUT2D eigenvalue weighted by Crippen LogP contribution is 2.15. The molecule has 0 aromatic heterocycles. The summed E-state index contributed by atoms with van der Waals surface area (Å²) in [6.07, 6.45) is 87.5. The third-order valence-electron chi connectivity index (χ3n) is 12.7. The smallest absolute Gasteiger partial charge is 0.306 e. The minimum Gasteiger partial charge on any atom is -0.462 e. The second kappa shape index (κ2) is 62.1. The molecule has 0 bridgehead atoms. The van der Waals surface area contributed by atoms with Crippen molar-refractivity contribution in [2.24, 2.45) is 0 Å². The Morgan fingerprint density at radius 3 is 0.813 bits per heavy atom. The molecule has 0 spiro atoms. The van der Waals surface area contributed by atoms with Gasteiger partial charge in [0.15, 0.2) is 6.10 Å². The van der Waals surface area contributed by atoms with E-state index in [-0.39, 0.29) is 31.1 Å². The molecular formula is C69H112O6. The van der Waals surface area contributed by atoms with E-state index in [9.17, 15) is 14.4 Å². The van der Waals surface area contributed by atoms with Crippen molar-refractivity contribution in [1.29, 1.82) is 0 Å². The first kappa shape index (κ1) is 70.5. The van der Waals surface area contributed by atoms with Crippen molar-refractivity contribution in [3.8, 4) is 0 Å². The van der Waals surface area contributed by atoms with E-state index in [1.165, 1.54) is 83.5 Å². The number of hydrogen-bond acceptors (Lipinski definition) is 6. The quantitative estimate of drug-likeness (QED) is 0.0261. The molecular weight excluding hydrogens is 925 g/mol. The van der Waals surface area contributed by atoms with Crippen molar-refractivity contribution in [2.45, 2.75) is 271 Å². The predicted molar refractivity (Wildman–Crippen MR) is 325 cm³/mol. The normalized spacial score (nSPS) is 13.1. The largest absolute Gasteiger partial charge is 0.462 e. The van der Waals surface area contributed by atoms with E-state index < -0.39 is 6.10 Å². The van der Waals surface area contributed by atoms with Gasteiger partial charge < -0.3 is 14.2 Å². The first-order valence-electron chi connectivity index (χ1n) is 30.7. The lowest BCUT2D eigenvalue weighted by Gasteiger charge is -2.18. The molecule has 1 atom stereocenters. The number of hydrogen-bond donors (Lipinski definition) is 0. The third kappa shape index (κ3) is 60.3. The van der Waals surface area contributed by atoms with E-state index in [0.29, 0.717) is 19.3 Å². The third-order valence-corrected chi connectivity index (χ3v) is 12.7. The fraction of sp³-hybridized carbons (Fsp3) is 0.638. The monoisotopic (exact) mass is 1040 g/mol. The molecule has 0 aromatic rings. The van der Waals surface area contributed by atoms with Crippen LogP contribution in [0.25, 0.3) is 0 Å². The molecule has 0 aliphatic carbocycles. The molecule has 0 aromatic carbocycles. The van der Waals surface area contributed by atoms with Crippen molar-refractivity contribution in [3.63, 3.8) is 0 Å². The summed E-state index contributed by atoms with van der Waals surface area (Å²) in [4.78, 5) is 38.1. The average molecular weight is 1040 g/mol. The minimum absolute atomic E-state index is 0.0879. The summed E-state index contributed by atoms with van der Waals surface area (Å²) in [5, 5.41) is 0. The van der Waals surface area contributed by atoms with E-state index in [2.05, 4.69) is 154 Å². The molecule has 1 unspecified atom stereocenters. The summed E-state index contributed by atoms with van der Waals surface area (Å²) in [6.45, 7) is 6.35. The summed E-state index contributed by atoms with van der Waals surface area (Å²) in [7, 11) is 0. The van der Waals surface area contributed by atoms with Gasteiger partial charge in [-0.1, -0.05) is 264 Å². The van der Waals surface area contributed by atoms with E-state index in [0.717, 1.165) is 141 Å². The van der Waals surface area contributed by atoms with Gasteiger partial charge >= 0.3 is 17.9 Å². The van der Waals surface area contributed by atoms with Gasteiger partial charge in [0, 0.05) is 19.3 Å². The second-order valence-corrected chi connectivity index (χ2v) is 19.9. The zero-order chi connectivity index (χ0) is 54.3. The summed E-state index contributed by atoms with van der Waals surface area (Å²) in [5.41, 5.74) is 0. The van der Waals surface area contributed by atoms with Crippen LogP contribution in [0, 0.1) is 0 Å². The maximum Gasteiger partial charge on any atom is 0.306 e. The lowest BCUT2D eigenvalue weighted by atomic mass is 10.1. The maximum absolute atomic E-state index is 12.9. The minimum atomic E-state index is -0.790. The van der Waals surface area contributed by atoms with Crippen LogP contribution in [-0.4, -0.2) is 37.2 Å². The molecule has 0 amide bonds. The van der Waals surface area contributed by atoms with Crippen molar-refractivity contribution < 1.29 is 28.6 Å². The molecule has 0 N–H and O–H groups in total. The van der Waals surface area contributed by atoms with Gasteiger partial charge in [-0.3, -0.25) is 14.4 Å². The summed E-state index contributed by atoms with van der Waals surface area (Å²) in [5.74, 6) is -0.915. The fourth-order valence-electron chi connectivity index (χ4n) is 8.12. The number of esters is 3. The van der Waals surface area contributed by atoms with Crippen molar-refractivity contribution >= 4 is 17.9 Å². The standard InChI is InChI=1S/C69H112O6/c1-4-7-10-13-16-18-20-22-24-26-28-30-32-33-34-35-37-38-40-42-44-46-48-50-53-56-59-62-68(71)74-65-66(64-73-67(70)61-58-55-52-15-12-9-6-3)75-69(72)63-60-57-54-51-49-47-45-43-41-39-36-31-29-27-25-23-21-19-17-14-11-8-5-2/h7-8,10-11,16-19,22-25,28-31,33-34,37-39,41,66H,4-6,9,12-15,20-21,26-27,32,35-36,40,42-65H2,1-3H3/b10-7-,11-8-,18-16-,19-17-,24-22-,25-23-,30-28-,31-29-,34-33-,38-37-,41-39-. The molecule has 0 radical (unpaired) electrons. The summed E-state index contributed by atoms with van der Waals surface area (Å²) < 4.78 is 16.8. The maximum atomic E-state index is 12.9. The number of unbranched alkanes of at least 4 members (excludes halogenated alkanes) is 21. The van der Waals surface area contributed by atoms with Gasteiger partial charge in [-0.05, 0) is 116 Å². The Morgan fingerprint density at radius 1 is 0.280 bits per heavy atom. The number of carbonyl (C=O) groups is 3. The molecule has 424 valence electrons. The van der Waals surface area contributed by atoms with Gasteiger partial charge in [-0.2, -0.15) is 0 Å². The molecule has 0 aliphatic rings. The Labute approximate surface area is 462 Å². The van der Waals surface area contributed by atoms with Gasteiger partial charge in [0.1, 0.15) is 13.2 Å². The molecule has 6 nitrogen and oxygen atoms in total. The van der Waals surface area contributed by atoms with Gasteiger partial charge in [0.2, 0.25) is 0 Å². The zero-order valence-corrected chi connectivity index (χ0v) is 48.5. The van der Waals surface area contributed by atoms with Gasteiger partial charge in [-0.25, -0.2) is 0 Å². The number of carbonyl (C=O) groups excluding carboxylic acids is 3. The lowest BCUT2D eigenvalue weighted by Crippen LogP contribution is -2.30. The van der Waals surface area contributed by atoms with Crippen molar-refractivity contribution in [2.75, 3.05) is 13.2 Å². The van der Waals surface area contributed by atoms with Crippen LogP contribution in [0.15, 0.2) is 134 Å². The topological polar surface area (TPSA) is 78.9 Å². The fourth-order valence-corrected chi connectivity index (χ4v) is 8.12. The van der Waals surface area contributed by atoms with Crippen molar-refractivity contribution in [1.82, 2.24) is 0 Å². The van der Waals surface area contributed by atoms with Crippen LogP contribution < -0.4 is 0 Å². The Hall–Kier alpha value is -4.45. The highest BCUT2D eigenvalue weighted by atomic mass is 16.6. The van der Waals surface area contributed by atoms with E-state index in [4.69, 9.17) is 14.2 Å². The van der Waals surface area contributed by atoms with Crippen LogP contribution in [0.3, 0.4) is 0 Å². The first-order valence-corrected chi connectivity index (χ1v) is 30.7. The first-order chi connectivity index (χ1) is 37.0. The van der Waals surface area contributed by atoms with Crippen LogP contribution in [0.5, 0.6) is 0 Å². The van der Waals surface area contributed by atoms with Crippen LogP contribution in [0.4, 0.5) is 0 Å². The van der Waals surface area contributed by atoms with Crippen LogP contribution in [0.2, 0.25) is 0 Å². The van der Waals surface area contributed by atoms with E-state index in [1.807, 2.05) is 0 Å². The number of allylic oxidation sites excluding steroid dienone is 22. The average Bonchev–Trinajstić information content (AvgIpc) is 3.41. The Morgan fingerprint density at radius 2 is 0.520 bits per heavy atom. The molecule has 75 heavy (non-hydrogen) atoms. The summed E-state index contributed by atoms with van der Waals surface area (Å²) >= 11 is 0. The van der Waals surface area contributed by atoms with Crippen molar-refractivity contribution in [3.05, 3.63) is 134 Å². The molecule has 0 fully saturated rings. The molecule has 0 saturated carbocycles. The van der Waals surface area contributed by atoms with Crippen LogP contribution in [-0.2, 0) is 28.6 Å². The Bertz CT molecular complexity index is 1620. The highest BCUT2D eigenvalue weighted by molar-refractivity contribution is 5.71. The second-order valence-electron chi connectivity index (χ2n) is 19.9. The molecule has 0 saturated heterocycles. The molecule has 0 rings (SSSR count). The molecule has 0 heterocycles. The lowest BCUT2D eigenvalue weighted by molar-refractivity contribution is -0.167. The van der Waals surface area contributed by atoms with E-state index >= 15 is 0 Å².